The van der Waals surface area contributed by atoms with E-state index in [4.69, 9.17) is 5.73 Å². The molecule has 0 spiro atoms. The van der Waals surface area contributed by atoms with Crippen molar-refractivity contribution >= 4 is 5.91 Å². The lowest BCUT2D eigenvalue weighted by Gasteiger charge is -2.38. The minimum absolute atomic E-state index is 0.137. The molecule has 0 heterocycles. The number of hydrogen-bond acceptors (Lipinski definition) is 2. The predicted molar refractivity (Wildman–Crippen MR) is 72.1 cm³/mol. The molecule has 0 bridgehead atoms. The van der Waals surface area contributed by atoms with Crippen molar-refractivity contribution in [3.63, 3.8) is 0 Å². The van der Waals surface area contributed by atoms with Gasteiger partial charge in [0.25, 0.3) is 0 Å². The summed E-state index contributed by atoms with van der Waals surface area (Å²) in [6.07, 6.45) is 0.587. The monoisotopic (exact) mass is 294 g/mol. The number of alkyl halides is 3. The summed E-state index contributed by atoms with van der Waals surface area (Å²) in [5, 5.41) is 0. The highest BCUT2D eigenvalue weighted by Gasteiger charge is 2.38. The van der Waals surface area contributed by atoms with Crippen LogP contribution >= 0.6 is 0 Å². The van der Waals surface area contributed by atoms with Gasteiger partial charge in [0.1, 0.15) is 6.54 Å². The fourth-order valence-corrected chi connectivity index (χ4v) is 2.93. The highest BCUT2D eigenvalue weighted by molar-refractivity contribution is 5.77. The molecule has 1 amide bonds. The Labute approximate surface area is 118 Å². The molecule has 0 atom stereocenters. The Balaban J connectivity index is 2.74. The van der Waals surface area contributed by atoms with E-state index in [0.29, 0.717) is 6.54 Å². The van der Waals surface area contributed by atoms with E-state index in [2.05, 4.69) is 0 Å². The summed E-state index contributed by atoms with van der Waals surface area (Å²) in [5.74, 6) is -0.426. The molecule has 0 radical (unpaired) electrons. The molecule has 1 aliphatic carbocycles. The van der Waals surface area contributed by atoms with Crippen molar-refractivity contribution in [2.24, 2.45) is 11.1 Å². The molecule has 0 aromatic heterocycles. The van der Waals surface area contributed by atoms with Gasteiger partial charge in [-0.15, -0.1) is 0 Å². The van der Waals surface area contributed by atoms with E-state index in [-0.39, 0.29) is 11.8 Å². The molecular formula is C14H25F3N2O. The standard InChI is InChI=1S/C14H25F3N2O/c1-11(2)19(10-14(15,16)17)12(20)8-13(9-18)6-4-3-5-7-13/h11H,3-10,18H2,1-2H3. The third-order valence-corrected chi connectivity index (χ3v) is 4.17. The first-order valence-corrected chi connectivity index (χ1v) is 7.25. The zero-order chi connectivity index (χ0) is 15.4. The Kier molecular flexibility index (Phi) is 5.86. The second kappa shape index (κ2) is 6.78. The van der Waals surface area contributed by atoms with Gasteiger partial charge in [-0.2, -0.15) is 13.2 Å². The molecule has 1 saturated carbocycles. The molecule has 0 aliphatic heterocycles. The number of nitrogens with zero attached hydrogens (tertiary/aromatic N) is 1. The number of carbonyl (C=O) groups excluding carboxylic acids is 1. The lowest BCUT2D eigenvalue weighted by Crippen LogP contribution is -2.46. The van der Waals surface area contributed by atoms with E-state index in [1.165, 1.54) is 0 Å². The van der Waals surface area contributed by atoms with Crippen LogP contribution in [-0.4, -0.2) is 36.1 Å². The first kappa shape index (κ1) is 17.3. The fourth-order valence-electron chi connectivity index (χ4n) is 2.93. The van der Waals surface area contributed by atoms with Crippen LogP contribution in [0.5, 0.6) is 0 Å². The average molecular weight is 294 g/mol. The first-order chi connectivity index (χ1) is 9.19. The second-order valence-electron chi connectivity index (χ2n) is 6.17. The van der Waals surface area contributed by atoms with Crippen molar-refractivity contribution in [3.8, 4) is 0 Å². The zero-order valence-electron chi connectivity index (χ0n) is 12.3. The highest BCUT2D eigenvalue weighted by atomic mass is 19.4. The quantitative estimate of drug-likeness (QED) is 0.847. The Morgan fingerprint density at radius 2 is 1.80 bits per heavy atom. The Bertz CT molecular complexity index is 323. The van der Waals surface area contributed by atoms with Crippen molar-refractivity contribution in [2.45, 2.75) is 64.6 Å². The summed E-state index contributed by atoms with van der Waals surface area (Å²) in [6, 6.07) is -0.456. The summed E-state index contributed by atoms with van der Waals surface area (Å²) in [5.41, 5.74) is 5.50. The molecule has 1 fully saturated rings. The molecule has 0 aromatic rings. The van der Waals surface area contributed by atoms with Gasteiger partial charge in [-0.3, -0.25) is 4.79 Å². The van der Waals surface area contributed by atoms with Crippen molar-refractivity contribution in [1.29, 1.82) is 0 Å². The third-order valence-electron chi connectivity index (χ3n) is 4.17. The van der Waals surface area contributed by atoms with Crippen LogP contribution in [-0.2, 0) is 4.79 Å². The van der Waals surface area contributed by atoms with Crippen LogP contribution in [0.2, 0.25) is 0 Å². The summed E-state index contributed by atoms with van der Waals surface area (Å²) in [6.45, 7) is 2.42. The van der Waals surface area contributed by atoms with Gasteiger partial charge in [-0.05, 0) is 38.6 Å². The van der Waals surface area contributed by atoms with Gasteiger partial charge in [-0.1, -0.05) is 19.3 Å². The molecule has 0 aromatic carbocycles. The van der Waals surface area contributed by atoms with Gasteiger partial charge < -0.3 is 10.6 Å². The summed E-state index contributed by atoms with van der Waals surface area (Å²) in [4.78, 5) is 13.2. The summed E-state index contributed by atoms with van der Waals surface area (Å²) < 4.78 is 37.7. The van der Waals surface area contributed by atoms with E-state index in [1.54, 1.807) is 13.8 Å². The van der Waals surface area contributed by atoms with Crippen LogP contribution in [0.4, 0.5) is 13.2 Å². The Morgan fingerprint density at radius 1 is 1.25 bits per heavy atom. The van der Waals surface area contributed by atoms with Crippen molar-refractivity contribution < 1.29 is 18.0 Å². The van der Waals surface area contributed by atoms with Crippen LogP contribution in [0.25, 0.3) is 0 Å². The van der Waals surface area contributed by atoms with Crippen molar-refractivity contribution in [2.75, 3.05) is 13.1 Å². The second-order valence-corrected chi connectivity index (χ2v) is 6.17. The smallest absolute Gasteiger partial charge is 0.331 e. The molecule has 3 nitrogen and oxygen atoms in total. The predicted octanol–water partition coefficient (Wildman–Crippen LogP) is 3.09. The Hall–Kier alpha value is -0.780. The van der Waals surface area contributed by atoms with E-state index in [0.717, 1.165) is 37.0 Å². The lowest BCUT2D eigenvalue weighted by molar-refractivity contribution is -0.166. The van der Waals surface area contributed by atoms with E-state index in [9.17, 15) is 18.0 Å². The van der Waals surface area contributed by atoms with Crippen LogP contribution in [0.15, 0.2) is 0 Å². The summed E-state index contributed by atoms with van der Waals surface area (Å²) >= 11 is 0. The van der Waals surface area contributed by atoms with E-state index < -0.39 is 24.7 Å². The molecule has 118 valence electrons. The minimum Gasteiger partial charge on any atom is -0.331 e. The maximum absolute atomic E-state index is 12.6. The lowest BCUT2D eigenvalue weighted by atomic mass is 9.71. The number of carbonyl (C=O) groups is 1. The van der Waals surface area contributed by atoms with Gasteiger partial charge in [0.15, 0.2) is 0 Å². The largest absolute Gasteiger partial charge is 0.406 e. The van der Waals surface area contributed by atoms with Gasteiger partial charge in [0, 0.05) is 12.5 Å². The fraction of sp³-hybridized carbons (Fsp3) is 0.929. The van der Waals surface area contributed by atoms with Crippen molar-refractivity contribution in [1.82, 2.24) is 4.90 Å². The highest BCUT2D eigenvalue weighted by Crippen LogP contribution is 2.39. The minimum atomic E-state index is -4.36. The molecule has 20 heavy (non-hydrogen) atoms. The van der Waals surface area contributed by atoms with E-state index in [1.807, 2.05) is 0 Å². The summed E-state index contributed by atoms with van der Waals surface area (Å²) in [7, 11) is 0. The zero-order valence-corrected chi connectivity index (χ0v) is 12.3. The Morgan fingerprint density at radius 3 is 2.20 bits per heavy atom. The topological polar surface area (TPSA) is 46.3 Å². The molecule has 0 unspecified atom stereocenters. The molecular weight excluding hydrogens is 269 g/mol. The maximum atomic E-state index is 12.6. The molecule has 2 N–H and O–H groups in total. The molecule has 1 aliphatic rings. The number of hydrogen-bond donors (Lipinski definition) is 1. The number of nitrogens with two attached hydrogens (primary N) is 1. The van der Waals surface area contributed by atoms with Crippen LogP contribution < -0.4 is 5.73 Å². The number of rotatable bonds is 5. The third kappa shape index (κ3) is 4.96. The molecule has 0 saturated heterocycles. The van der Waals surface area contributed by atoms with Crippen molar-refractivity contribution in [3.05, 3.63) is 0 Å². The van der Waals surface area contributed by atoms with Gasteiger partial charge >= 0.3 is 6.18 Å². The van der Waals surface area contributed by atoms with Crippen LogP contribution in [0.3, 0.4) is 0 Å². The van der Waals surface area contributed by atoms with Crippen LogP contribution in [0, 0.1) is 5.41 Å². The average Bonchev–Trinajstić information content (AvgIpc) is 2.35. The van der Waals surface area contributed by atoms with Gasteiger partial charge in [0.2, 0.25) is 5.91 Å². The van der Waals surface area contributed by atoms with Gasteiger partial charge in [0.05, 0.1) is 0 Å². The normalized spacial score (nSPS) is 19.1. The van der Waals surface area contributed by atoms with Crippen LogP contribution in [0.1, 0.15) is 52.4 Å². The maximum Gasteiger partial charge on any atom is 0.406 e. The number of halogens is 3. The van der Waals surface area contributed by atoms with Gasteiger partial charge in [-0.25, -0.2) is 0 Å². The number of amides is 1. The molecule has 6 heteroatoms. The first-order valence-electron chi connectivity index (χ1n) is 7.25. The SMILES string of the molecule is CC(C)N(CC(F)(F)F)C(=O)CC1(CN)CCCCC1. The molecule has 1 rings (SSSR count). The van der Waals surface area contributed by atoms with E-state index >= 15 is 0 Å².